The van der Waals surface area contributed by atoms with Crippen LogP contribution in [-0.2, 0) is 0 Å². The Balaban J connectivity index is 2.42. The quantitative estimate of drug-likeness (QED) is 0.899. The summed E-state index contributed by atoms with van der Waals surface area (Å²) in [7, 11) is 0. The highest BCUT2D eigenvalue weighted by atomic mass is 79.9. The molecular formula is C11H10BrClN2S. The standard InChI is InChI=1S/C11H10BrClN2S/c1-6(14)10-5-16-11(15-10)8-3-2-7(12)4-9(8)13/h2-6H,14H2,1H3. The molecule has 2 aromatic rings. The maximum Gasteiger partial charge on any atom is 0.125 e. The van der Waals surface area contributed by atoms with Gasteiger partial charge in [-0.05, 0) is 25.1 Å². The molecule has 1 aromatic carbocycles. The van der Waals surface area contributed by atoms with Crippen LogP contribution in [0.3, 0.4) is 0 Å². The summed E-state index contributed by atoms with van der Waals surface area (Å²) >= 11 is 11.1. The highest BCUT2D eigenvalue weighted by Crippen LogP contribution is 2.33. The minimum atomic E-state index is -0.0424. The molecule has 84 valence electrons. The Hall–Kier alpha value is -0.420. The summed E-state index contributed by atoms with van der Waals surface area (Å²) in [4.78, 5) is 4.46. The van der Waals surface area contributed by atoms with Crippen molar-refractivity contribution in [1.29, 1.82) is 0 Å². The average Bonchev–Trinajstić information content (AvgIpc) is 2.66. The van der Waals surface area contributed by atoms with E-state index in [0.29, 0.717) is 5.02 Å². The fourth-order valence-corrected chi connectivity index (χ4v) is 3.06. The van der Waals surface area contributed by atoms with Crippen LogP contribution in [0.25, 0.3) is 10.6 Å². The summed E-state index contributed by atoms with van der Waals surface area (Å²) in [5.41, 5.74) is 7.62. The van der Waals surface area contributed by atoms with E-state index in [1.807, 2.05) is 30.5 Å². The van der Waals surface area contributed by atoms with Crippen LogP contribution >= 0.6 is 38.9 Å². The topological polar surface area (TPSA) is 38.9 Å². The second-order valence-corrected chi connectivity index (χ2v) is 5.67. The Bertz CT molecular complexity index is 510. The molecule has 0 aliphatic heterocycles. The third-order valence-electron chi connectivity index (χ3n) is 2.15. The van der Waals surface area contributed by atoms with Crippen LogP contribution in [0.2, 0.25) is 5.02 Å². The van der Waals surface area contributed by atoms with Gasteiger partial charge in [-0.25, -0.2) is 4.98 Å². The zero-order valence-electron chi connectivity index (χ0n) is 8.58. The number of rotatable bonds is 2. The smallest absolute Gasteiger partial charge is 0.125 e. The lowest BCUT2D eigenvalue weighted by molar-refractivity contribution is 0.790. The summed E-state index contributed by atoms with van der Waals surface area (Å²) in [6.45, 7) is 1.92. The summed E-state index contributed by atoms with van der Waals surface area (Å²) in [6, 6.07) is 5.73. The number of aromatic nitrogens is 1. The van der Waals surface area contributed by atoms with Crippen molar-refractivity contribution in [2.24, 2.45) is 5.73 Å². The summed E-state index contributed by atoms with van der Waals surface area (Å²) in [5, 5.41) is 3.57. The first kappa shape index (κ1) is 12.0. The molecule has 1 aromatic heterocycles. The van der Waals surface area contributed by atoms with Crippen molar-refractivity contribution in [3.63, 3.8) is 0 Å². The molecule has 16 heavy (non-hydrogen) atoms. The SMILES string of the molecule is CC(N)c1csc(-c2ccc(Br)cc2Cl)n1. The average molecular weight is 318 g/mol. The molecular weight excluding hydrogens is 308 g/mol. The summed E-state index contributed by atoms with van der Waals surface area (Å²) < 4.78 is 0.963. The predicted molar refractivity (Wildman–Crippen MR) is 72.9 cm³/mol. The Morgan fingerprint density at radius 1 is 1.50 bits per heavy atom. The largest absolute Gasteiger partial charge is 0.323 e. The van der Waals surface area contributed by atoms with E-state index in [0.717, 1.165) is 20.7 Å². The van der Waals surface area contributed by atoms with Crippen molar-refractivity contribution in [3.05, 3.63) is 38.8 Å². The fraction of sp³-hybridized carbons (Fsp3) is 0.182. The molecule has 2 N–H and O–H groups in total. The van der Waals surface area contributed by atoms with Gasteiger partial charge in [0.05, 0.1) is 10.7 Å². The Morgan fingerprint density at radius 3 is 2.81 bits per heavy atom. The maximum atomic E-state index is 6.16. The molecule has 0 saturated heterocycles. The van der Waals surface area contributed by atoms with Crippen molar-refractivity contribution in [2.75, 3.05) is 0 Å². The zero-order valence-corrected chi connectivity index (χ0v) is 11.7. The number of nitrogens with two attached hydrogens (primary N) is 1. The van der Waals surface area contributed by atoms with Crippen molar-refractivity contribution < 1.29 is 0 Å². The van der Waals surface area contributed by atoms with Crippen LogP contribution in [-0.4, -0.2) is 4.98 Å². The molecule has 0 spiro atoms. The van der Waals surface area contributed by atoms with E-state index in [1.165, 1.54) is 0 Å². The minimum absolute atomic E-state index is 0.0424. The van der Waals surface area contributed by atoms with Gasteiger partial charge >= 0.3 is 0 Å². The lowest BCUT2D eigenvalue weighted by Gasteiger charge is -2.01. The lowest BCUT2D eigenvalue weighted by Crippen LogP contribution is -2.04. The molecule has 1 unspecified atom stereocenters. The highest BCUT2D eigenvalue weighted by Gasteiger charge is 2.10. The van der Waals surface area contributed by atoms with Crippen LogP contribution < -0.4 is 5.73 Å². The van der Waals surface area contributed by atoms with Gasteiger partial charge in [0.15, 0.2) is 0 Å². The van der Waals surface area contributed by atoms with E-state index >= 15 is 0 Å². The molecule has 2 rings (SSSR count). The molecule has 2 nitrogen and oxygen atoms in total. The number of hydrogen-bond donors (Lipinski definition) is 1. The first-order chi connectivity index (χ1) is 7.58. The molecule has 0 radical (unpaired) electrons. The van der Waals surface area contributed by atoms with Crippen LogP contribution in [0.4, 0.5) is 0 Å². The van der Waals surface area contributed by atoms with Crippen molar-refractivity contribution in [1.82, 2.24) is 4.98 Å². The van der Waals surface area contributed by atoms with Crippen molar-refractivity contribution in [2.45, 2.75) is 13.0 Å². The van der Waals surface area contributed by atoms with Gasteiger partial charge in [-0.15, -0.1) is 11.3 Å². The first-order valence-corrected chi connectivity index (χ1v) is 6.79. The minimum Gasteiger partial charge on any atom is -0.323 e. The molecule has 0 aliphatic carbocycles. The van der Waals surface area contributed by atoms with Crippen LogP contribution in [0.5, 0.6) is 0 Å². The van der Waals surface area contributed by atoms with Gasteiger partial charge < -0.3 is 5.73 Å². The second kappa shape index (κ2) is 4.84. The number of thiazole rings is 1. The van der Waals surface area contributed by atoms with Crippen molar-refractivity contribution >= 4 is 38.9 Å². The Morgan fingerprint density at radius 2 is 2.25 bits per heavy atom. The van der Waals surface area contributed by atoms with Crippen LogP contribution in [0, 0.1) is 0 Å². The van der Waals surface area contributed by atoms with Gasteiger partial charge in [0.25, 0.3) is 0 Å². The highest BCUT2D eigenvalue weighted by molar-refractivity contribution is 9.10. The van der Waals surface area contributed by atoms with Crippen LogP contribution in [0.1, 0.15) is 18.7 Å². The van der Waals surface area contributed by atoms with E-state index in [1.54, 1.807) is 11.3 Å². The summed E-state index contributed by atoms with van der Waals surface area (Å²) in [6.07, 6.45) is 0. The van der Waals surface area contributed by atoms with E-state index in [9.17, 15) is 0 Å². The number of nitrogens with zero attached hydrogens (tertiary/aromatic N) is 1. The van der Waals surface area contributed by atoms with E-state index in [4.69, 9.17) is 17.3 Å². The molecule has 1 atom stereocenters. The zero-order chi connectivity index (χ0) is 11.7. The molecule has 0 saturated carbocycles. The fourth-order valence-electron chi connectivity index (χ4n) is 1.28. The van der Waals surface area contributed by atoms with Gasteiger partial charge in [0.2, 0.25) is 0 Å². The maximum absolute atomic E-state index is 6.16. The summed E-state index contributed by atoms with van der Waals surface area (Å²) in [5.74, 6) is 0. The lowest BCUT2D eigenvalue weighted by atomic mass is 10.2. The molecule has 0 aliphatic rings. The third kappa shape index (κ3) is 2.46. The molecule has 0 amide bonds. The monoisotopic (exact) mass is 316 g/mol. The Labute approximate surface area is 112 Å². The second-order valence-electron chi connectivity index (χ2n) is 3.49. The van der Waals surface area contributed by atoms with Crippen molar-refractivity contribution in [3.8, 4) is 10.6 Å². The van der Waals surface area contributed by atoms with Gasteiger partial charge in [0.1, 0.15) is 5.01 Å². The Kier molecular flexibility index (Phi) is 3.64. The van der Waals surface area contributed by atoms with Gasteiger partial charge in [-0.1, -0.05) is 27.5 Å². The predicted octanol–water partition coefficient (Wildman–Crippen LogP) is 4.25. The normalized spacial score (nSPS) is 12.8. The number of halogens is 2. The van der Waals surface area contributed by atoms with Gasteiger partial charge in [0, 0.05) is 21.5 Å². The molecule has 1 heterocycles. The first-order valence-electron chi connectivity index (χ1n) is 4.74. The molecule has 5 heteroatoms. The van der Waals surface area contributed by atoms with E-state index in [-0.39, 0.29) is 6.04 Å². The van der Waals surface area contributed by atoms with Crippen LogP contribution in [0.15, 0.2) is 28.1 Å². The van der Waals surface area contributed by atoms with E-state index < -0.39 is 0 Å². The van der Waals surface area contributed by atoms with Gasteiger partial charge in [-0.3, -0.25) is 0 Å². The molecule has 0 fully saturated rings. The number of benzene rings is 1. The third-order valence-corrected chi connectivity index (χ3v) is 3.85. The number of hydrogen-bond acceptors (Lipinski definition) is 3. The van der Waals surface area contributed by atoms with Gasteiger partial charge in [-0.2, -0.15) is 0 Å². The van der Waals surface area contributed by atoms with E-state index in [2.05, 4.69) is 20.9 Å². The molecule has 0 bridgehead atoms.